The fourth-order valence-electron chi connectivity index (χ4n) is 3.20. The highest BCUT2D eigenvalue weighted by Crippen LogP contribution is 2.24. The molecule has 0 amide bonds. The Kier molecular flexibility index (Phi) is 6.06. The number of nitrogens with zero attached hydrogens (tertiary/aromatic N) is 1. The van der Waals surface area contributed by atoms with Gasteiger partial charge in [-0.25, -0.2) is 0 Å². The summed E-state index contributed by atoms with van der Waals surface area (Å²) in [6, 6.07) is 9.72. The van der Waals surface area contributed by atoms with Gasteiger partial charge in [-0.2, -0.15) is 0 Å². The third-order valence-corrected chi connectivity index (χ3v) is 4.78. The first-order valence-electron chi connectivity index (χ1n) is 8.28. The van der Waals surface area contributed by atoms with Gasteiger partial charge in [-0.1, -0.05) is 38.1 Å². The standard InChI is InChI=1S/C18H30N2/c1-4-16-6-8-18(9-7-16)15(3)20(5-2)14-17-10-12-19-13-11-17/h6-9,15,17,19H,4-5,10-14H2,1-3H3. The molecule has 1 aliphatic rings. The Hall–Kier alpha value is -0.860. The second-order valence-electron chi connectivity index (χ2n) is 6.05. The molecular formula is C18H30N2. The van der Waals surface area contributed by atoms with Crippen LogP contribution in [-0.4, -0.2) is 31.1 Å². The van der Waals surface area contributed by atoms with E-state index in [0.29, 0.717) is 6.04 Å². The molecule has 1 saturated heterocycles. The van der Waals surface area contributed by atoms with E-state index in [2.05, 4.69) is 55.3 Å². The lowest BCUT2D eigenvalue weighted by Gasteiger charge is -2.33. The smallest absolute Gasteiger partial charge is 0.0319 e. The van der Waals surface area contributed by atoms with E-state index >= 15 is 0 Å². The van der Waals surface area contributed by atoms with Gasteiger partial charge in [0.1, 0.15) is 0 Å². The SMILES string of the molecule is CCc1ccc(C(C)N(CC)CC2CCNCC2)cc1. The molecule has 1 atom stereocenters. The Bertz CT molecular complexity index is 379. The Morgan fingerprint density at radius 2 is 1.80 bits per heavy atom. The number of nitrogens with one attached hydrogen (secondary N) is 1. The van der Waals surface area contributed by atoms with Crippen LogP contribution >= 0.6 is 0 Å². The van der Waals surface area contributed by atoms with Crippen molar-refractivity contribution in [1.29, 1.82) is 0 Å². The van der Waals surface area contributed by atoms with E-state index in [1.165, 1.54) is 43.6 Å². The third kappa shape index (κ3) is 4.07. The minimum atomic E-state index is 0.529. The summed E-state index contributed by atoms with van der Waals surface area (Å²) in [5, 5.41) is 3.46. The first kappa shape index (κ1) is 15.5. The monoisotopic (exact) mass is 274 g/mol. The second kappa shape index (κ2) is 7.80. The lowest BCUT2D eigenvalue weighted by molar-refractivity contribution is 0.169. The summed E-state index contributed by atoms with van der Waals surface area (Å²) in [6.07, 6.45) is 3.79. The molecule has 1 unspecified atom stereocenters. The number of hydrogen-bond donors (Lipinski definition) is 1. The van der Waals surface area contributed by atoms with Crippen molar-refractivity contribution in [2.75, 3.05) is 26.2 Å². The van der Waals surface area contributed by atoms with Crippen LogP contribution in [0.4, 0.5) is 0 Å². The fraction of sp³-hybridized carbons (Fsp3) is 0.667. The molecule has 0 radical (unpaired) electrons. The molecule has 0 spiro atoms. The molecule has 1 aromatic rings. The highest BCUT2D eigenvalue weighted by Gasteiger charge is 2.20. The van der Waals surface area contributed by atoms with E-state index in [9.17, 15) is 0 Å². The molecule has 1 aliphatic heterocycles. The van der Waals surface area contributed by atoms with Crippen molar-refractivity contribution >= 4 is 0 Å². The van der Waals surface area contributed by atoms with Crippen molar-refractivity contribution in [1.82, 2.24) is 10.2 Å². The summed E-state index contributed by atoms with van der Waals surface area (Å²) in [5.74, 6) is 0.869. The average molecular weight is 274 g/mol. The van der Waals surface area contributed by atoms with Crippen molar-refractivity contribution in [3.63, 3.8) is 0 Å². The molecule has 0 aromatic heterocycles. The molecule has 1 N–H and O–H groups in total. The largest absolute Gasteiger partial charge is 0.317 e. The van der Waals surface area contributed by atoms with E-state index in [-0.39, 0.29) is 0 Å². The van der Waals surface area contributed by atoms with E-state index in [0.717, 1.165) is 18.9 Å². The van der Waals surface area contributed by atoms with E-state index in [1.807, 2.05) is 0 Å². The van der Waals surface area contributed by atoms with Crippen LogP contribution < -0.4 is 5.32 Å². The number of rotatable bonds is 6. The predicted molar refractivity (Wildman–Crippen MR) is 87.1 cm³/mol. The lowest BCUT2D eigenvalue weighted by Crippen LogP contribution is -2.37. The normalized spacial score (nSPS) is 18.4. The zero-order valence-corrected chi connectivity index (χ0v) is 13.4. The summed E-state index contributed by atoms with van der Waals surface area (Å²) in [4.78, 5) is 2.64. The first-order chi connectivity index (χ1) is 9.74. The van der Waals surface area contributed by atoms with Gasteiger partial charge in [0.15, 0.2) is 0 Å². The minimum Gasteiger partial charge on any atom is -0.317 e. The van der Waals surface area contributed by atoms with Gasteiger partial charge in [0.2, 0.25) is 0 Å². The molecular weight excluding hydrogens is 244 g/mol. The van der Waals surface area contributed by atoms with Gasteiger partial charge in [0.25, 0.3) is 0 Å². The highest BCUT2D eigenvalue weighted by atomic mass is 15.1. The van der Waals surface area contributed by atoms with Crippen molar-refractivity contribution in [2.24, 2.45) is 5.92 Å². The van der Waals surface area contributed by atoms with Gasteiger partial charge in [-0.05, 0) is 62.9 Å². The van der Waals surface area contributed by atoms with E-state index < -0.39 is 0 Å². The number of aryl methyl sites for hydroxylation is 1. The molecule has 0 bridgehead atoms. The van der Waals surface area contributed by atoms with Gasteiger partial charge >= 0.3 is 0 Å². The molecule has 112 valence electrons. The van der Waals surface area contributed by atoms with Gasteiger partial charge < -0.3 is 5.32 Å². The third-order valence-electron chi connectivity index (χ3n) is 4.78. The van der Waals surface area contributed by atoms with Gasteiger partial charge in [-0.15, -0.1) is 0 Å². The van der Waals surface area contributed by atoms with Crippen LogP contribution in [0, 0.1) is 5.92 Å². The average Bonchev–Trinajstić information content (AvgIpc) is 2.53. The van der Waals surface area contributed by atoms with Crippen molar-refractivity contribution in [2.45, 2.75) is 46.1 Å². The zero-order valence-electron chi connectivity index (χ0n) is 13.4. The molecule has 2 heteroatoms. The molecule has 2 nitrogen and oxygen atoms in total. The Morgan fingerprint density at radius 1 is 1.15 bits per heavy atom. The van der Waals surface area contributed by atoms with Crippen molar-refractivity contribution in [3.8, 4) is 0 Å². The van der Waals surface area contributed by atoms with Crippen LogP contribution in [0.1, 0.15) is 50.8 Å². The van der Waals surface area contributed by atoms with E-state index in [4.69, 9.17) is 0 Å². The zero-order chi connectivity index (χ0) is 14.4. The topological polar surface area (TPSA) is 15.3 Å². The summed E-state index contributed by atoms with van der Waals surface area (Å²) in [7, 11) is 0. The molecule has 1 aromatic carbocycles. The summed E-state index contributed by atoms with van der Waals surface area (Å²) in [6.45, 7) is 11.6. The molecule has 1 heterocycles. The van der Waals surface area contributed by atoms with Gasteiger partial charge in [0.05, 0.1) is 0 Å². The Labute approximate surface area is 124 Å². The molecule has 20 heavy (non-hydrogen) atoms. The van der Waals surface area contributed by atoms with Crippen LogP contribution in [0.15, 0.2) is 24.3 Å². The molecule has 0 aliphatic carbocycles. The molecule has 1 fully saturated rings. The maximum atomic E-state index is 3.46. The quantitative estimate of drug-likeness (QED) is 0.852. The first-order valence-corrected chi connectivity index (χ1v) is 8.28. The number of piperidine rings is 1. The van der Waals surface area contributed by atoms with Crippen LogP contribution in [0.3, 0.4) is 0 Å². The summed E-state index contributed by atoms with van der Waals surface area (Å²) >= 11 is 0. The molecule has 2 rings (SSSR count). The van der Waals surface area contributed by atoms with Gasteiger partial charge in [0, 0.05) is 12.6 Å². The van der Waals surface area contributed by atoms with Crippen LogP contribution in [0.2, 0.25) is 0 Å². The second-order valence-corrected chi connectivity index (χ2v) is 6.05. The fourth-order valence-corrected chi connectivity index (χ4v) is 3.20. The lowest BCUT2D eigenvalue weighted by atomic mass is 9.96. The number of benzene rings is 1. The van der Waals surface area contributed by atoms with Crippen LogP contribution in [0.25, 0.3) is 0 Å². The van der Waals surface area contributed by atoms with Crippen LogP contribution in [-0.2, 0) is 6.42 Å². The number of hydrogen-bond acceptors (Lipinski definition) is 2. The Morgan fingerprint density at radius 3 is 2.35 bits per heavy atom. The van der Waals surface area contributed by atoms with Crippen molar-refractivity contribution < 1.29 is 0 Å². The Balaban J connectivity index is 1.97. The van der Waals surface area contributed by atoms with E-state index in [1.54, 1.807) is 0 Å². The van der Waals surface area contributed by atoms with Crippen molar-refractivity contribution in [3.05, 3.63) is 35.4 Å². The predicted octanol–water partition coefficient (Wildman–Crippen LogP) is 3.63. The summed E-state index contributed by atoms with van der Waals surface area (Å²) in [5.41, 5.74) is 2.89. The highest BCUT2D eigenvalue weighted by molar-refractivity contribution is 5.24. The van der Waals surface area contributed by atoms with Crippen LogP contribution in [0.5, 0.6) is 0 Å². The molecule has 0 saturated carbocycles. The minimum absolute atomic E-state index is 0.529. The maximum absolute atomic E-state index is 3.46. The maximum Gasteiger partial charge on any atom is 0.0319 e. The summed E-state index contributed by atoms with van der Waals surface area (Å²) < 4.78 is 0. The van der Waals surface area contributed by atoms with Gasteiger partial charge in [-0.3, -0.25) is 4.90 Å².